The van der Waals surface area contributed by atoms with Gasteiger partial charge in [-0.15, -0.1) is 0 Å². The fourth-order valence-electron chi connectivity index (χ4n) is 1.87. The molecule has 0 saturated carbocycles. The van der Waals surface area contributed by atoms with Crippen LogP contribution in [0, 0.1) is 6.92 Å². The van der Waals surface area contributed by atoms with Crippen LogP contribution in [0.5, 0.6) is 5.75 Å². The number of aryl methyl sites for hydroxylation is 1. The third kappa shape index (κ3) is 2.58. The van der Waals surface area contributed by atoms with E-state index < -0.39 is 6.10 Å². The minimum atomic E-state index is -0.491. The number of hydrogen-bond acceptors (Lipinski definition) is 4. The van der Waals surface area contributed by atoms with E-state index >= 15 is 0 Å². The maximum atomic E-state index is 11.3. The summed E-state index contributed by atoms with van der Waals surface area (Å²) in [6, 6.07) is 5.67. The molecule has 1 aromatic carbocycles. The molecule has 1 heterocycles. The van der Waals surface area contributed by atoms with Crippen LogP contribution >= 0.6 is 0 Å². The van der Waals surface area contributed by atoms with Gasteiger partial charge >= 0.3 is 5.97 Å². The molecule has 1 aliphatic rings. The molecule has 17 heavy (non-hydrogen) atoms. The molecule has 1 fully saturated rings. The molecule has 92 valence electrons. The number of rotatable bonds is 3. The van der Waals surface area contributed by atoms with Gasteiger partial charge in [0.2, 0.25) is 0 Å². The second-order valence-corrected chi connectivity index (χ2v) is 4.39. The van der Waals surface area contributed by atoms with Crippen LogP contribution in [0.15, 0.2) is 18.2 Å². The highest BCUT2D eigenvalue weighted by Crippen LogP contribution is 2.27. The van der Waals surface area contributed by atoms with Crippen LogP contribution in [0.4, 0.5) is 0 Å². The number of benzene rings is 1. The molecule has 4 heteroatoms. The van der Waals surface area contributed by atoms with E-state index in [1.54, 1.807) is 0 Å². The number of hydrogen-bond donors (Lipinski definition) is 1. The van der Waals surface area contributed by atoms with Gasteiger partial charge in [0.05, 0.1) is 6.61 Å². The fourth-order valence-corrected chi connectivity index (χ4v) is 1.87. The molecule has 0 bridgehead atoms. The molecule has 0 radical (unpaired) electrons. The molecule has 0 amide bonds. The second-order valence-electron chi connectivity index (χ2n) is 4.39. The van der Waals surface area contributed by atoms with Gasteiger partial charge in [-0.1, -0.05) is 17.7 Å². The summed E-state index contributed by atoms with van der Waals surface area (Å²) >= 11 is 0. The monoisotopic (exact) mass is 235 g/mol. The number of ether oxygens (including phenoxy) is 2. The molecule has 1 aromatic rings. The van der Waals surface area contributed by atoms with Crippen molar-refractivity contribution in [3.05, 3.63) is 29.3 Å². The molecule has 1 unspecified atom stereocenters. The van der Waals surface area contributed by atoms with Crippen molar-refractivity contribution in [3.8, 4) is 5.75 Å². The lowest BCUT2D eigenvalue weighted by Gasteiger charge is -2.16. The van der Waals surface area contributed by atoms with Gasteiger partial charge < -0.3 is 15.2 Å². The maximum absolute atomic E-state index is 11.3. The Kier molecular flexibility index (Phi) is 3.33. The Hall–Kier alpha value is -1.55. The lowest BCUT2D eigenvalue weighted by atomic mass is 10.0. The fraction of sp³-hybridized carbons (Fsp3) is 0.462. The lowest BCUT2D eigenvalue weighted by Crippen LogP contribution is -2.23. The first-order valence-corrected chi connectivity index (χ1v) is 5.77. The van der Waals surface area contributed by atoms with Crippen molar-refractivity contribution in [3.63, 3.8) is 0 Å². The van der Waals surface area contributed by atoms with Gasteiger partial charge in [0.15, 0.2) is 6.10 Å². The van der Waals surface area contributed by atoms with Crippen LogP contribution in [-0.4, -0.2) is 18.7 Å². The summed E-state index contributed by atoms with van der Waals surface area (Å²) in [6.45, 7) is 4.33. The number of carbonyl (C=O) groups excluding carboxylic acids is 1. The van der Waals surface area contributed by atoms with Gasteiger partial charge in [-0.3, -0.25) is 0 Å². The minimum Gasteiger partial charge on any atom is -0.478 e. The van der Waals surface area contributed by atoms with Crippen LogP contribution in [0.25, 0.3) is 0 Å². The van der Waals surface area contributed by atoms with Gasteiger partial charge in [0.25, 0.3) is 0 Å². The van der Waals surface area contributed by atoms with Crippen LogP contribution in [0.1, 0.15) is 30.5 Å². The minimum absolute atomic E-state index is 0.123. The van der Waals surface area contributed by atoms with Crippen molar-refractivity contribution < 1.29 is 14.3 Å². The van der Waals surface area contributed by atoms with Crippen molar-refractivity contribution in [1.82, 2.24) is 0 Å². The average Bonchev–Trinajstić information content (AvgIpc) is 2.67. The van der Waals surface area contributed by atoms with Gasteiger partial charge in [0, 0.05) is 18.0 Å². The molecular weight excluding hydrogens is 218 g/mol. The molecule has 4 nitrogen and oxygen atoms in total. The summed E-state index contributed by atoms with van der Waals surface area (Å²) in [5, 5.41) is 0. The van der Waals surface area contributed by atoms with Crippen LogP contribution < -0.4 is 10.5 Å². The highest BCUT2D eigenvalue weighted by Gasteiger charge is 2.29. The summed E-state index contributed by atoms with van der Waals surface area (Å²) in [4.78, 5) is 11.3. The highest BCUT2D eigenvalue weighted by atomic mass is 16.6. The quantitative estimate of drug-likeness (QED) is 0.810. The van der Waals surface area contributed by atoms with Crippen molar-refractivity contribution >= 4 is 5.97 Å². The smallest absolute Gasteiger partial charge is 0.347 e. The molecule has 2 N–H and O–H groups in total. The van der Waals surface area contributed by atoms with Gasteiger partial charge in [0.1, 0.15) is 5.75 Å². The van der Waals surface area contributed by atoms with Gasteiger partial charge in [-0.05, 0) is 19.9 Å². The average molecular weight is 235 g/mol. The Balaban J connectivity index is 2.22. The van der Waals surface area contributed by atoms with E-state index in [2.05, 4.69) is 0 Å². The van der Waals surface area contributed by atoms with E-state index in [0.29, 0.717) is 18.8 Å². The maximum Gasteiger partial charge on any atom is 0.347 e. The Morgan fingerprint density at radius 3 is 2.88 bits per heavy atom. The zero-order valence-electron chi connectivity index (χ0n) is 10.1. The van der Waals surface area contributed by atoms with E-state index in [4.69, 9.17) is 15.2 Å². The van der Waals surface area contributed by atoms with Crippen LogP contribution in [0.2, 0.25) is 0 Å². The van der Waals surface area contributed by atoms with Crippen LogP contribution in [0.3, 0.4) is 0 Å². The van der Waals surface area contributed by atoms with E-state index in [1.807, 2.05) is 32.0 Å². The predicted molar refractivity (Wildman–Crippen MR) is 63.8 cm³/mol. The topological polar surface area (TPSA) is 61.5 Å². The second kappa shape index (κ2) is 4.75. The first kappa shape index (κ1) is 11.9. The third-order valence-corrected chi connectivity index (χ3v) is 2.81. The molecule has 0 aliphatic carbocycles. The molecule has 0 aromatic heterocycles. The summed E-state index contributed by atoms with van der Waals surface area (Å²) in [5.41, 5.74) is 7.94. The normalized spacial score (nSPS) is 21.1. The number of esters is 1. The highest BCUT2D eigenvalue weighted by molar-refractivity contribution is 5.76. The Morgan fingerprint density at radius 1 is 1.53 bits per heavy atom. The van der Waals surface area contributed by atoms with Gasteiger partial charge in [-0.25, -0.2) is 4.79 Å². The van der Waals surface area contributed by atoms with Gasteiger partial charge in [-0.2, -0.15) is 0 Å². The zero-order valence-corrected chi connectivity index (χ0v) is 10.1. The summed E-state index contributed by atoms with van der Waals surface area (Å²) in [6.07, 6.45) is 0.112. The van der Waals surface area contributed by atoms with Crippen molar-refractivity contribution in [1.29, 1.82) is 0 Å². The largest absolute Gasteiger partial charge is 0.478 e. The van der Waals surface area contributed by atoms with Crippen molar-refractivity contribution in [2.24, 2.45) is 5.73 Å². The lowest BCUT2D eigenvalue weighted by molar-refractivity contribution is -0.143. The Morgan fingerprint density at radius 2 is 2.29 bits per heavy atom. The zero-order chi connectivity index (χ0) is 12.4. The van der Waals surface area contributed by atoms with Crippen molar-refractivity contribution in [2.75, 3.05) is 6.61 Å². The number of nitrogens with two attached hydrogens (primary N) is 1. The molecular formula is C13H17NO3. The molecule has 1 aliphatic heterocycles. The number of carbonyl (C=O) groups is 1. The van der Waals surface area contributed by atoms with E-state index in [-0.39, 0.29) is 12.0 Å². The Labute approximate surface area is 101 Å². The predicted octanol–water partition coefficient (Wildman–Crippen LogP) is 1.71. The standard InChI is InChI=1S/C13H17NO3/c1-8-3-4-11(10(7-8)9(2)14)17-12-5-6-16-13(12)15/h3-4,7,9,12H,5-6,14H2,1-2H3/t9-,12?/m0/s1. The van der Waals surface area contributed by atoms with E-state index in [1.165, 1.54) is 0 Å². The van der Waals surface area contributed by atoms with E-state index in [0.717, 1.165) is 11.1 Å². The molecule has 2 atom stereocenters. The van der Waals surface area contributed by atoms with Crippen molar-refractivity contribution in [2.45, 2.75) is 32.4 Å². The summed E-state index contributed by atoms with van der Waals surface area (Å²) in [7, 11) is 0. The van der Waals surface area contributed by atoms with Crippen LogP contribution in [-0.2, 0) is 9.53 Å². The summed E-state index contributed by atoms with van der Waals surface area (Å²) < 4.78 is 10.5. The third-order valence-electron chi connectivity index (χ3n) is 2.81. The summed E-state index contributed by atoms with van der Waals surface area (Å²) in [5.74, 6) is 0.385. The molecule has 2 rings (SSSR count). The first-order valence-electron chi connectivity index (χ1n) is 5.77. The Bertz CT molecular complexity index is 429. The number of cyclic esters (lactones) is 1. The molecule has 0 spiro atoms. The van der Waals surface area contributed by atoms with E-state index in [9.17, 15) is 4.79 Å². The molecule has 1 saturated heterocycles. The first-order chi connectivity index (χ1) is 8.08. The SMILES string of the molecule is Cc1ccc(OC2CCOC2=O)c([C@H](C)N)c1.